The van der Waals surface area contributed by atoms with E-state index in [-0.39, 0.29) is 17.2 Å². The molecule has 0 aliphatic carbocycles. The first-order valence-electron chi connectivity index (χ1n) is 6.31. The standard InChI is InChI=1S/C13H20N4O3/c1-4-7-9(18)6-10(19)8(5-2)11(7)17(12(14)15)13(20)16-3/h6,18-19H,4-5H2,1-3H3,(H3,14,15)(H,16,20). The second-order valence-electron chi connectivity index (χ2n) is 4.20. The number of nitrogens with two attached hydrogens (primary N) is 1. The Morgan fingerprint density at radius 3 is 2.05 bits per heavy atom. The normalized spacial score (nSPS) is 10.2. The molecule has 1 aromatic rings. The van der Waals surface area contributed by atoms with Crippen LogP contribution in [0.1, 0.15) is 25.0 Å². The van der Waals surface area contributed by atoms with Crippen molar-refractivity contribution < 1.29 is 15.0 Å². The molecule has 0 spiro atoms. The molecule has 110 valence electrons. The van der Waals surface area contributed by atoms with Crippen molar-refractivity contribution in [1.82, 2.24) is 5.32 Å². The average Bonchev–Trinajstić information content (AvgIpc) is 2.38. The van der Waals surface area contributed by atoms with Crippen LogP contribution in [0.3, 0.4) is 0 Å². The molecule has 6 N–H and O–H groups in total. The van der Waals surface area contributed by atoms with E-state index in [1.807, 2.05) is 0 Å². The maximum Gasteiger partial charge on any atom is 0.328 e. The summed E-state index contributed by atoms with van der Waals surface area (Å²) in [6, 6.07) is 0.635. The monoisotopic (exact) mass is 280 g/mol. The summed E-state index contributed by atoms with van der Waals surface area (Å²) in [7, 11) is 1.41. The fourth-order valence-corrected chi connectivity index (χ4v) is 2.14. The van der Waals surface area contributed by atoms with Crippen molar-refractivity contribution in [3.63, 3.8) is 0 Å². The van der Waals surface area contributed by atoms with Crippen LogP contribution in [-0.4, -0.2) is 29.3 Å². The van der Waals surface area contributed by atoms with Crippen molar-refractivity contribution in [1.29, 1.82) is 5.41 Å². The molecule has 0 unspecified atom stereocenters. The molecule has 0 atom stereocenters. The van der Waals surface area contributed by atoms with Gasteiger partial charge in [0.25, 0.3) is 0 Å². The number of carbonyl (C=O) groups is 1. The molecule has 0 aliphatic heterocycles. The first-order valence-corrected chi connectivity index (χ1v) is 6.31. The number of carbonyl (C=O) groups excluding carboxylic acids is 1. The SMILES string of the molecule is CCc1c(O)cc(O)c(CC)c1N(C(=N)N)C(=O)NC. The zero-order valence-electron chi connectivity index (χ0n) is 11.8. The van der Waals surface area contributed by atoms with Crippen molar-refractivity contribution in [3.05, 3.63) is 17.2 Å². The quantitative estimate of drug-likeness (QED) is 0.422. The third kappa shape index (κ3) is 2.61. The van der Waals surface area contributed by atoms with E-state index in [1.165, 1.54) is 13.1 Å². The Bertz CT molecular complexity index is 515. The average molecular weight is 280 g/mol. The van der Waals surface area contributed by atoms with E-state index in [0.717, 1.165) is 4.90 Å². The van der Waals surface area contributed by atoms with Crippen LogP contribution in [-0.2, 0) is 12.8 Å². The molecule has 0 bridgehead atoms. The maximum atomic E-state index is 11.9. The smallest absolute Gasteiger partial charge is 0.328 e. The number of nitrogens with one attached hydrogen (secondary N) is 2. The second-order valence-corrected chi connectivity index (χ2v) is 4.20. The summed E-state index contributed by atoms with van der Waals surface area (Å²) < 4.78 is 0. The van der Waals surface area contributed by atoms with Gasteiger partial charge in [-0.05, 0) is 12.8 Å². The highest BCUT2D eigenvalue weighted by atomic mass is 16.3. The van der Waals surface area contributed by atoms with Gasteiger partial charge in [0.15, 0.2) is 0 Å². The highest BCUT2D eigenvalue weighted by Crippen LogP contribution is 2.39. The largest absolute Gasteiger partial charge is 0.507 e. The van der Waals surface area contributed by atoms with E-state index in [9.17, 15) is 15.0 Å². The molecule has 0 saturated heterocycles. The first kappa shape index (κ1) is 15.6. The van der Waals surface area contributed by atoms with E-state index < -0.39 is 12.0 Å². The number of anilines is 1. The van der Waals surface area contributed by atoms with Gasteiger partial charge >= 0.3 is 6.03 Å². The number of hydrogen-bond donors (Lipinski definition) is 5. The lowest BCUT2D eigenvalue weighted by atomic mass is 9.99. The predicted molar refractivity (Wildman–Crippen MR) is 77.4 cm³/mol. The minimum Gasteiger partial charge on any atom is -0.507 e. The van der Waals surface area contributed by atoms with Crippen molar-refractivity contribution in [2.45, 2.75) is 26.7 Å². The summed E-state index contributed by atoms with van der Waals surface area (Å²) in [6.45, 7) is 3.61. The number of guanidine groups is 1. The Hall–Kier alpha value is -2.44. The Morgan fingerprint density at radius 1 is 1.30 bits per heavy atom. The molecule has 2 amide bonds. The molecule has 1 rings (SSSR count). The lowest BCUT2D eigenvalue weighted by Crippen LogP contribution is -2.47. The van der Waals surface area contributed by atoms with E-state index in [1.54, 1.807) is 13.8 Å². The molecule has 20 heavy (non-hydrogen) atoms. The molecule has 0 radical (unpaired) electrons. The van der Waals surface area contributed by atoms with E-state index in [0.29, 0.717) is 24.0 Å². The number of rotatable bonds is 3. The van der Waals surface area contributed by atoms with Crippen LogP contribution in [0, 0.1) is 5.41 Å². The van der Waals surface area contributed by atoms with E-state index in [2.05, 4.69) is 5.32 Å². The molecular formula is C13H20N4O3. The fourth-order valence-electron chi connectivity index (χ4n) is 2.14. The number of hydrogen-bond acceptors (Lipinski definition) is 4. The molecule has 0 fully saturated rings. The molecule has 0 heterocycles. The molecule has 7 heteroatoms. The maximum absolute atomic E-state index is 11.9. The number of phenolic OH excluding ortho intramolecular Hbond substituents is 2. The van der Waals surface area contributed by atoms with Crippen LogP contribution < -0.4 is 16.0 Å². The highest BCUT2D eigenvalue weighted by molar-refractivity contribution is 6.15. The van der Waals surface area contributed by atoms with Gasteiger partial charge in [-0.3, -0.25) is 5.41 Å². The van der Waals surface area contributed by atoms with Gasteiger partial charge < -0.3 is 21.3 Å². The van der Waals surface area contributed by atoms with Gasteiger partial charge in [0.2, 0.25) is 5.96 Å². The van der Waals surface area contributed by atoms with Crippen LogP contribution in [0.25, 0.3) is 0 Å². The molecule has 0 aliphatic rings. The summed E-state index contributed by atoms with van der Waals surface area (Å²) in [5.74, 6) is -0.751. The van der Waals surface area contributed by atoms with Gasteiger partial charge in [0, 0.05) is 24.2 Å². The molecule has 0 saturated carbocycles. The number of benzene rings is 1. The summed E-state index contributed by atoms with van der Waals surface area (Å²) in [4.78, 5) is 12.9. The topological polar surface area (TPSA) is 123 Å². The number of urea groups is 1. The highest BCUT2D eigenvalue weighted by Gasteiger charge is 2.26. The summed E-state index contributed by atoms with van der Waals surface area (Å²) in [5, 5.41) is 29.9. The van der Waals surface area contributed by atoms with E-state index >= 15 is 0 Å². The second kappa shape index (κ2) is 6.14. The molecule has 1 aromatic carbocycles. The van der Waals surface area contributed by atoms with Gasteiger partial charge in [0.1, 0.15) is 11.5 Å². The number of amides is 2. The minimum atomic E-state index is -0.605. The van der Waals surface area contributed by atoms with Crippen molar-refractivity contribution in [3.8, 4) is 11.5 Å². The van der Waals surface area contributed by atoms with Gasteiger partial charge in [-0.1, -0.05) is 13.8 Å². The Kier molecular flexibility index (Phi) is 4.79. The van der Waals surface area contributed by atoms with Crippen molar-refractivity contribution in [2.24, 2.45) is 5.73 Å². The number of phenols is 2. The summed E-state index contributed by atoms with van der Waals surface area (Å²) >= 11 is 0. The molecular weight excluding hydrogens is 260 g/mol. The minimum absolute atomic E-state index is 0.132. The van der Waals surface area contributed by atoms with Crippen LogP contribution in [0.15, 0.2) is 6.07 Å². The van der Waals surface area contributed by atoms with Crippen LogP contribution >= 0.6 is 0 Å². The zero-order chi connectivity index (χ0) is 15.4. The Balaban J connectivity index is 3.69. The van der Waals surface area contributed by atoms with Crippen molar-refractivity contribution >= 4 is 17.7 Å². The van der Waals surface area contributed by atoms with Crippen molar-refractivity contribution in [2.75, 3.05) is 11.9 Å². The van der Waals surface area contributed by atoms with Crippen LogP contribution in [0.4, 0.5) is 10.5 Å². The third-order valence-electron chi connectivity index (χ3n) is 3.05. The first-order chi connectivity index (χ1) is 9.38. The number of aromatic hydroxyl groups is 2. The van der Waals surface area contributed by atoms with Gasteiger partial charge in [0.05, 0.1) is 5.69 Å². The Morgan fingerprint density at radius 2 is 1.75 bits per heavy atom. The number of nitrogens with zero attached hydrogens (tertiary/aromatic N) is 1. The summed E-state index contributed by atoms with van der Waals surface area (Å²) in [6.07, 6.45) is 0.852. The van der Waals surface area contributed by atoms with Gasteiger partial charge in [-0.25, -0.2) is 9.69 Å². The zero-order valence-corrected chi connectivity index (χ0v) is 11.8. The lowest BCUT2D eigenvalue weighted by Gasteiger charge is -2.26. The van der Waals surface area contributed by atoms with Gasteiger partial charge in [-0.2, -0.15) is 0 Å². The van der Waals surface area contributed by atoms with Crippen LogP contribution in [0.5, 0.6) is 11.5 Å². The van der Waals surface area contributed by atoms with Gasteiger partial charge in [-0.15, -0.1) is 0 Å². The fraction of sp³-hybridized carbons (Fsp3) is 0.385. The Labute approximate surface area is 117 Å². The third-order valence-corrected chi connectivity index (χ3v) is 3.05. The molecule has 0 aromatic heterocycles. The van der Waals surface area contributed by atoms with E-state index in [4.69, 9.17) is 11.1 Å². The van der Waals surface area contributed by atoms with Crippen LogP contribution in [0.2, 0.25) is 0 Å². The summed E-state index contributed by atoms with van der Waals surface area (Å²) in [5.41, 5.74) is 6.65. The lowest BCUT2D eigenvalue weighted by molar-refractivity contribution is 0.251. The molecule has 7 nitrogen and oxygen atoms in total. The predicted octanol–water partition coefficient (Wildman–Crippen LogP) is 1.26.